The summed E-state index contributed by atoms with van der Waals surface area (Å²) in [5, 5.41) is 40.9. The van der Waals surface area contributed by atoms with Crippen molar-refractivity contribution in [3.05, 3.63) is 36.9 Å². The van der Waals surface area contributed by atoms with Crippen molar-refractivity contribution in [2.45, 2.75) is 30.7 Å². The van der Waals surface area contributed by atoms with E-state index in [1.165, 1.54) is 12.1 Å². The fourth-order valence-electron chi connectivity index (χ4n) is 2.11. The lowest BCUT2D eigenvalue weighted by molar-refractivity contribution is -0.277. The van der Waals surface area contributed by atoms with Gasteiger partial charge in [-0.25, -0.2) is 0 Å². The molecule has 1 saturated heterocycles. The molecule has 126 valence electrons. The Kier molecular flexibility index (Phi) is 5.69. The Balaban J connectivity index is 2.03. The van der Waals surface area contributed by atoms with Crippen LogP contribution in [0.4, 0.5) is 5.69 Å². The Morgan fingerprint density at radius 2 is 1.87 bits per heavy atom. The number of rotatable bonds is 5. The number of carbonyl (C=O) groups excluding carboxylic acids is 1. The summed E-state index contributed by atoms with van der Waals surface area (Å²) in [4.78, 5) is 11.2. The summed E-state index contributed by atoms with van der Waals surface area (Å²) in [5.41, 5.74) is 0.524. The lowest BCUT2D eigenvalue weighted by atomic mass is 9.99. The molecule has 1 amide bonds. The number of amides is 1. The molecule has 5 N–H and O–H groups in total. The number of hydrogen-bond acceptors (Lipinski definition) is 7. The molecule has 0 aliphatic carbocycles. The topological polar surface area (TPSA) is 128 Å². The standard InChI is InChI=1S/C15H19NO7/c1-2-11(18)16-8-3-5-9(6-4-8)22-15-14(21)13(20)12(19)10(7-17)23-15/h2-6,10,12-15,17,19-21H,1,7H2,(H,16,18)/t10-,12+,13+,14-,15-/m1/s1. The minimum Gasteiger partial charge on any atom is -0.462 e. The smallest absolute Gasteiger partial charge is 0.247 e. The monoisotopic (exact) mass is 325 g/mol. The van der Waals surface area contributed by atoms with E-state index in [-0.39, 0.29) is 5.91 Å². The molecule has 5 atom stereocenters. The Bertz CT molecular complexity index is 545. The van der Waals surface area contributed by atoms with E-state index in [1.807, 2.05) is 0 Å². The van der Waals surface area contributed by atoms with E-state index in [0.717, 1.165) is 6.08 Å². The van der Waals surface area contributed by atoms with Crippen LogP contribution >= 0.6 is 0 Å². The van der Waals surface area contributed by atoms with Crippen molar-refractivity contribution >= 4 is 11.6 Å². The molecule has 1 aliphatic rings. The van der Waals surface area contributed by atoms with Gasteiger partial charge in [0.1, 0.15) is 30.2 Å². The molecule has 1 fully saturated rings. The van der Waals surface area contributed by atoms with Crippen molar-refractivity contribution in [2.75, 3.05) is 11.9 Å². The number of ether oxygens (including phenoxy) is 2. The second kappa shape index (κ2) is 7.53. The van der Waals surface area contributed by atoms with E-state index >= 15 is 0 Å². The van der Waals surface area contributed by atoms with E-state index in [0.29, 0.717) is 11.4 Å². The van der Waals surface area contributed by atoms with Gasteiger partial charge < -0.3 is 35.2 Å². The highest BCUT2D eigenvalue weighted by atomic mass is 16.7. The second-order valence-corrected chi connectivity index (χ2v) is 5.03. The van der Waals surface area contributed by atoms with Crippen molar-refractivity contribution in [1.82, 2.24) is 0 Å². The molecule has 0 spiro atoms. The molecule has 0 unspecified atom stereocenters. The van der Waals surface area contributed by atoms with Crippen molar-refractivity contribution < 1.29 is 34.7 Å². The average Bonchev–Trinajstić information content (AvgIpc) is 2.56. The predicted octanol–water partition coefficient (Wildman–Crippen LogP) is -1.01. The molecular formula is C15H19NO7. The number of benzene rings is 1. The van der Waals surface area contributed by atoms with Crippen LogP contribution in [-0.2, 0) is 9.53 Å². The van der Waals surface area contributed by atoms with Crippen LogP contribution in [0.15, 0.2) is 36.9 Å². The molecule has 0 bridgehead atoms. The summed E-state index contributed by atoms with van der Waals surface area (Å²) in [5.74, 6) is -0.0430. The molecule has 2 rings (SSSR count). The molecule has 23 heavy (non-hydrogen) atoms. The van der Waals surface area contributed by atoms with Gasteiger partial charge in [-0.15, -0.1) is 0 Å². The molecule has 0 radical (unpaired) electrons. The van der Waals surface area contributed by atoms with E-state index in [1.54, 1.807) is 12.1 Å². The summed E-state index contributed by atoms with van der Waals surface area (Å²) in [6.07, 6.45) is -5.57. The maximum absolute atomic E-state index is 11.2. The first-order valence-electron chi connectivity index (χ1n) is 6.97. The lowest BCUT2D eigenvalue weighted by Crippen LogP contribution is -2.60. The maximum atomic E-state index is 11.2. The zero-order valence-electron chi connectivity index (χ0n) is 12.2. The Labute approximate surface area is 132 Å². The van der Waals surface area contributed by atoms with Gasteiger partial charge in [0.05, 0.1) is 6.61 Å². The van der Waals surface area contributed by atoms with Gasteiger partial charge in [0.2, 0.25) is 12.2 Å². The summed E-state index contributed by atoms with van der Waals surface area (Å²) in [7, 11) is 0. The summed E-state index contributed by atoms with van der Waals surface area (Å²) >= 11 is 0. The third kappa shape index (κ3) is 4.06. The van der Waals surface area contributed by atoms with Crippen molar-refractivity contribution in [2.24, 2.45) is 0 Å². The fraction of sp³-hybridized carbons (Fsp3) is 0.400. The van der Waals surface area contributed by atoms with Crippen molar-refractivity contribution in [3.8, 4) is 5.75 Å². The van der Waals surface area contributed by atoms with Crippen molar-refractivity contribution in [3.63, 3.8) is 0 Å². The largest absolute Gasteiger partial charge is 0.462 e. The van der Waals surface area contributed by atoms with E-state index < -0.39 is 37.3 Å². The van der Waals surface area contributed by atoms with Gasteiger partial charge in [0.25, 0.3) is 0 Å². The Hall–Kier alpha value is -1.97. The summed E-state index contributed by atoms with van der Waals surface area (Å²) < 4.78 is 10.6. The third-order valence-corrected chi connectivity index (χ3v) is 3.41. The third-order valence-electron chi connectivity index (χ3n) is 3.41. The first kappa shape index (κ1) is 17.4. The van der Waals surface area contributed by atoms with Crippen LogP contribution in [0.25, 0.3) is 0 Å². The zero-order chi connectivity index (χ0) is 17.0. The molecule has 1 aliphatic heterocycles. The van der Waals surface area contributed by atoms with Gasteiger partial charge in [-0.2, -0.15) is 0 Å². The van der Waals surface area contributed by atoms with E-state index in [9.17, 15) is 20.1 Å². The van der Waals surface area contributed by atoms with Crippen LogP contribution in [0.3, 0.4) is 0 Å². The highest BCUT2D eigenvalue weighted by Gasteiger charge is 2.44. The molecule has 1 heterocycles. The van der Waals surface area contributed by atoms with Gasteiger partial charge in [-0.3, -0.25) is 4.79 Å². The van der Waals surface area contributed by atoms with Crippen LogP contribution in [-0.4, -0.2) is 63.6 Å². The lowest BCUT2D eigenvalue weighted by Gasteiger charge is -2.39. The number of carbonyl (C=O) groups is 1. The fourth-order valence-corrected chi connectivity index (χ4v) is 2.11. The number of anilines is 1. The van der Waals surface area contributed by atoms with Crippen LogP contribution in [0.1, 0.15) is 0 Å². The molecule has 1 aromatic carbocycles. The maximum Gasteiger partial charge on any atom is 0.247 e. The Morgan fingerprint density at radius 3 is 2.43 bits per heavy atom. The van der Waals surface area contributed by atoms with Gasteiger partial charge in [-0.05, 0) is 30.3 Å². The first-order valence-corrected chi connectivity index (χ1v) is 6.97. The van der Waals surface area contributed by atoms with Gasteiger partial charge >= 0.3 is 0 Å². The highest BCUT2D eigenvalue weighted by Crippen LogP contribution is 2.25. The number of aliphatic hydroxyl groups excluding tert-OH is 4. The predicted molar refractivity (Wildman–Crippen MR) is 79.7 cm³/mol. The average molecular weight is 325 g/mol. The molecule has 0 saturated carbocycles. The Morgan fingerprint density at radius 1 is 1.22 bits per heavy atom. The molecule has 8 nitrogen and oxygen atoms in total. The van der Waals surface area contributed by atoms with Crippen LogP contribution < -0.4 is 10.1 Å². The van der Waals surface area contributed by atoms with E-state index in [2.05, 4.69) is 11.9 Å². The number of hydrogen-bond donors (Lipinski definition) is 5. The number of aliphatic hydroxyl groups is 4. The summed E-state index contributed by atoms with van der Waals surface area (Å²) in [6.45, 7) is 2.81. The van der Waals surface area contributed by atoms with Gasteiger partial charge in [0, 0.05) is 5.69 Å². The minimum atomic E-state index is -1.50. The van der Waals surface area contributed by atoms with Gasteiger partial charge in [-0.1, -0.05) is 6.58 Å². The second-order valence-electron chi connectivity index (χ2n) is 5.03. The van der Waals surface area contributed by atoms with Gasteiger partial charge in [0.15, 0.2) is 0 Å². The number of nitrogens with one attached hydrogen (secondary N) is 1. The van der Waals surface area contributed by atoms with Crippen molar-refractivity contribution in [1.29, 1.82) is 0 Å². The molecule has 1 aromatic rings. The minimum absolute atomic E-state index is 0.311. The molecule has 8 heteroatoms. The zero-order valence-corrected chi connectivity index (χ0v) is 12.2. The van der Waals surface area contributed by atoms with Crippen LogP contribution in [0.2, 0.25) is 0 Å². The van der Waals surface area contributed by atoms with E-state index in [4.69, 9.17) is 14.6 Å². The normalized spacial score (nSPS) is 30.5. The highest BCUT2D eigenvalue weighted by molar-refractivity contribution is 5.98. The quantitative estimate of drug-likeness (QED) is 0.439. The van der Waals surface area contributed by atoms with Crippen LogP contribution in [0, 0.1) is 0 Å². The first-order chi connectivity index (χ1) is 11.0. The molecular weight excluding hydrogens is 306 g/mol. The SMILES string of the molecule is C=CC(=O)Nc1ccc(O[C@@H]2O[C@H](CO)[C@H](O)[C@H](O)[C@H]2O)cc1. The van der Waals surface area contributed by atoms with Crippen LogP contribution in [0.5, 0.6) is 5.75 Å². The molecule has 0 aromatic heterocycles. The summed E-state index contributed by atoms with van der Waals surface area (Å²) in [6, 6.07) is 6.20.